The Hall–Kier alpha value is -3.27. The lowest BCUT2D eigenvalue weighted by Crippen LogP contribution is -2.39. The lowest BCUT2D eigenvalue weighted by atomic mass is 10.0. The number of esters is 1. The lowest BCUT2D eigenvalue weighted by Gasteiger charge is -2.23. The molecule has 1 aromatic carbocycles. The minimum absolute atomic E-state index is 0.0428. The van der Waals surface area contributed by atoms with E-state index in [1.807, 2.05) is 48.1 Å². The number of fused-ring (bicyclic) bond motifs is 1. The number of carbonyl (C=O) groups is 1. The Morgan fingerprint density at radius 1 is 1.24 bits per heavy atom. The molecule has 5 rings (SSSR count). The van der Waals surface area contributed by atoms with Crippen LogP contribution in [0.1, 0.15) is 41.7 Å². The van der Waals surface area contributed by atoms with Gasteiger partial charge in [0.15, 0.2) is 4.80 Å². The third kappa shape index (κ3) is 4.41. The second kappa shape index (κ2) is 9.89. The van der Waals surface area contributed by atoms with Crippen LogP contribution in [-0.2, 0) is 9.53 Å². The molecule has 37 heavy (non-hydrogen) atoms. The first-order valence-corrected chi connectivity index (χ1v) is 13.7. The summed E-state index contributed by atoms with van der Waals surface area (Å²) in [5.41, 5.74) is 4.05. The van der Waals surface area contributed by atoms with Gasteiger partial charge in [-0.2, -0.15) is 0 Å². The summed E-state index contributed by atoms with van der Waals surface area (Å²) in [5, 5.41) is 1.96. The fourth-order valence-electron chi connectivity index (χ4n) is 4.60. The lowest BCUT2D eigenvalue weighted by molar-refractivity contribution is -0.139. The van der Waals surface area contributed by atoms with Crippen molar-refractivity contribution < 1.29 is 13.9 Å². The zero-order chi connectivity index (χ0) is 26.4. The number of halogens is 2. The standard InChI is InChI=1S/C27H23ClFN3O3S2/c1-5-35-26(34)23-15(3)30-27-32(24(23)21-7-6-10-36-21)25(33)22(37-27)12-17-11-14(2)31(16(17)4)18-8-9-20(29)19(28)13-18/h6-13,24H,5H2,1-4H3/t24-/m1/s1. The van der Waals surface area contributed by atoms with E-state index in [9.17, 15) is 14.0 Å². The SMILES string of the molecule is CCOC(=O)C1=C(C)N=c2sc(=Cc3cc(C)n(-c4ccc(F)c(Cl)c4)c3C)c(=O)n2[C@@H]1c1cccs1. The minimum Gasteiger partial charge on any atom is -0.463 e. The number of thiophene rings is 1. The molecule has 0 radical (unpaired) electrons. The molecule has 10 heteroatoms. The largest absolute Gasteiger partial charge is 0.463 e. The highest BCUT2D eigenvalue weighted by molar-refractivity contribution is 7.10. The molecule has 1 atom stereocenters. The van der Waals surface area contributed by atoms with Gasteiger partial charge in [-0.25, -0.2) is 14.2 Å². The van der Waals surface area contributed by atoms with E-state index in [0.717, 1.165) is 27.5 Å². The van der Waals surface area contributed by atoms with Crippen LogP contribution in [0.15, 0.2) is 62.8 Å². The summed E-state index contributed by atoms with van der Waals surface area (Å²) < 4.78 is 23.1. The van der Waals surface area contributed by atoms with Crippen LogP contribution in [0, 0.1) is 19.7 Å². The fourth-order valence-corrected chi connectivity index (χ4v) is 6.64. The number of carbonyl (C=O) groups excluding carboxylic acids is 1. The van der Waals surface area contributed by atoms with Gasteiger partial charge in [0.25, 0.3) is 5.56 Å². The predicted molar refractivity (Wildman–Crippen MR) is 145 cm³/mol. The molecule has 0 saturated carbocycles. The highest BCUT2D eigenvalue weighted by Crippen LogP contribution is 2.33. The number of nitrogens with zero attached hydrogens (tertiary/aromatic N) is 3. The van der Waals surface area contributed by atoms with Gasteiger partial charge in [-0.3, -0.25) is 9.36 Å². The number of rotatable bonds is 5. The summed E-state index contributed by atoms with van der Waals surface area (Å²) in [6, 6.07) is 9.75. The van der Waals surface area contributed by atoms with E-state index in [0.29, 0.717) is 20.6 Å². The number of allylic oxidation sites excluding steroid dienone is 1. The molecular formula is C27H23ClFN3O3S2. The molecule has 0 bridgehead atoms. The van der Waals surface area contributed by atoms with Crippen molar-refractivity contribution in [1.29, 1.82) is 0 Å². The summed E-state index contributed by atoms with van der Waals surface area (Å²) in [7, 11) is 0. The van der Waals surface area contributed by atoms with Crippen molar-refractivity contribution in [3.05, 3.63) is 105 Å². The van der Waals surface area contributed by atoms with E-state index in [-0.39, 0.29) is 17.2 Å². The molecule has 1 aliphatic heterocycles. The van der Waals surface area contributed by atoms with Crippen LogP contribution in [0.4, 0.5) is 4.39 Å². The van der Waals surface area contributed by atoms with Gasteiger partial charge in [-0.15, -0.1) is 11.3 Å². The van der Waals surface area contributed by atoms with E-state index >= 15 is 0 Å². The van der Waals surface area contributed by atoms with Crippen LogP contribution in [0.25, 0.3) is 11.8 Å². The molecule has 3 aromatic heterocycles. The molecule has 0 aliphatic carbocycles. The number of ether oxygens (including phenoxy) is 1. The first-order valence-electron chi connectivity index (χ1n) is 11.6. The van der Waals surface area contributed by atoms with E-state index in [1.165, 1.54) is 28.7 Å². The Morgan fingerprint density at radius 2 is 2.03 bits per heavy atom. The fraction of sp³-hybridized carbons (Fsp3) is 0.222. The van der Waals surface area contributed by atoms with Crippen molar-refractivity contribution in [2.75, 3.05) is 6.61 Å². The number of hydrogen-bond acceptors (Lipinski definition) is 6. The predicted octanol–water partition coefficient (Wildman–Crippen LogP) is 5.06. The van der Waals surface area contributed by atoms with Crippen molar-refractivity contribution in [2.45, 2.75) is 33.7 Å². The quantitative estimate of drug-likeness (QED) is 0.323. The van der Waals surface area contributed by atoms with Crippen LogP contribution < -0.4 is 14.9 Å². The number of thiazole rings is 1. The summed E-state index contributed by atoms with van der Waals surface area (Å²) in [5.74, 6) is -0.954. The molecule has 0 amide bonds. The highest BCUT2D eigenvalue weighted by Gasteiger charge is 2.33. The second-order valence-electron chi connectivity index (χ2n) is 8.58. The first-order chi connectivity index (χ1) is 17.7. The maximum absolute atomic E-state index is 13.8. The molecule has 0 unspecified atom stereocenters. The Bertz CT molecular complexity index is 1750. The molecule has 0 N–H and O–H groups in total. The van der Waals surface area contributed by atoms with Gasteiger partial charge >= 0.3 is 5.97 Å². The van der Waals surface area contributed by atoms with Crippen molar-refractivity contribution in [2.24, 2.45) is 4.99 Å². The Labute approximate surface area is 225 Å². The average Bonchev–Trinajstić information content (AvgIpc) is 3.55. The molecule has 4 aromatic rings. The summed E-state index contributed by atoms with van der Waals surface area (Å²) >= 11 is 8.77. The third-order valence-electron chi connectivity index (χ3n) is 6.25. The number of hydrogen-bond donors (Lipinski definition) is 0. The smallest absolute Gasteiger partial charge is 0.338 e. The molecule has 190 valence electrons. The van der Waals surface area contributed by atoms with Crippen LogP contribution in [0.2, 0.25) is 5.02 Å². The first kappa shape index (κ1) is 25.4. The molecule has 0 saturated heterocycles. The van der Waals surface area contributed by atoms with Crippen molar-refractivity contribution in [3.8, 4) is 5.69 Å². The molecule has 0 fully saturated rings. The monoisotopic (exact) mass is 555 g/mol. The Kier molecular flexibility index (Phi) is 6.78. The van der Waals surface area contributed by atoms with Crippen LogP contribution >= 0.6 is 34.3 Å². The zero-order valence-electron chi connectivity index (χ0n) is 20.5. The van der Waals surface area contributed by atoms with Gasteiger partial charge in [0, 0.05) is 22.0 Å². The van der Waals surface area contributed by atoms with E-state index < -0.39 is 17.8 Å². The summed E-state index contributed by atoms with van der Waals surface area (Å²) in [4.78, 5) is 32.7. The highest BCUT2D eigenvalue weighted by atomic mass is 35.5. The van der Waals surface area contributed by atoms with E-state index in [1.54, 1.807) is 30.5 Å². The normalized spacial score (nSPS) is 15.6. The van der Waals surface area contributed by atoms with Crippen molar-refractivity contribution in [3.63, 3.8) is 0 Å². The average molecular weight is 556 g/mol. The van der Waals surface area contributed by atoms with Crippen molar-refractivity contribution >= 4 is 46.3 Å². The maximum atomic E-state index is 13.8. The Morgan fingerprint density at radius 3 is 2.70 bits per heavy atom. The molecule has 4 heterocycles. The Balaban J connectivity index is 1.67. The van der Waals surface area contributed by atoms with Gasteiger partial charge in [-0.05, 0) is 75.0 Å². The molecule has 1 aliphatic rings. The van der Waals surface area contributed by atoms with Crippen LogP contribution in [0.5, 0.6) is 0 Å². The molecule has 6 nitrogen and oxygen atoms in total. The second-order valence-corrected chi connectivity index (χ2v) is 11.0. The summed E-state index contributed by atoms with van der Waals surface area (Å²) in [6.07, 6.45) is 1.84. The minimum atomic E-state index is -0.605. The number of aryl methyl sites for hydroxylation is 1. The zero-order valence-corrected chi connectivity index (χ0v) is 22.9. The maximum Gasteiger partial charge on any atom is 0.338 e. The van der Waals surface area contributed by atoms with E-state index in [4.69, 9.17) is 16.3 Å². The van der Waals surface area contributed by atoms with Crippen LogP contribution in [-0.4, -0.2) is 21.7 Å². The van der Waals surface area contributed by atoms with E-state index in [2.05, 4.69) is 4.99 Å². The molecular weight excluding hydrogens is 533 g/mol. The van der Waals surface area contributed by atoms with Gasteiger partial charge < -0.3 is 9.30 Å². The van der Waals surface area contributed by atoms with Gasteiger partial charge in [0.2, 0.25) is 0 Å². The summed E-state index contributed by atoms with van der Waals surface area (Å²) in [6.45, 7) is 7.62. The van der Waals surface area contributed by atoms with Gasteiger partial charge in [0.05, 0.1) is 27.4 Å². The number of benzene rings is 1. The van der Waals surface area contributed by atoms with Gasteiger partial charge in [-0.1, -0.05) is 29.0 Å². The number of aromatic nitrogens is 2. The molecule has 0 spiro atoms. The van der Waals surface area contributed by atoms with Gasteiger partial charge in [0.1, 0.15) is 11.9 Å². The third-order valence-corrected chi connectivity index (χ3v) is 8.45. The van der Waals surface area contributed by atoms with Crippen LogP contribution in [0.3, 0.4) is 0 Å². The topological polar surface area (TPSA) is 65.6 Å². The van der Waals surface area contributed by atoms with Crippen molar-refractivity contribution in [1.82, 2.24) is 9.13 Å².